The molecule has 0 N–H and O–H groups in total. The van der Waals surface area contributed by atoms with Crippen LogP contribution >= 0.6 is 27.3 Å². The van der Waals surface area contributed by atoms with Gasteiger partial charge in [0.25, 0.3) is 5.56 Å². The molecule has 1 aliphatic rings. The summed E-state index contributed by atoms with van der Waals surface area (Å²) in [7, 11) is 5.51. The van der Waals surface area contributed by atoms with Gasteiger partial charge in [-0.3, -0.25) is 9.36 Å². The van der Waals surface area contributed by atoms with Crippen LogP contribution in [0.3, 0.4) is 0 Å². The Balaban J connectivity index is 1.95. The molecule has 0 radical (unpaired) electrons. The summed E-state index contributed by atoms with van der Waals surface area (Å²) in [5.41, 5.74) is 3.26. The standard InChI is InChI=1S/C26H26BrN3O4S/c1-6-34-25(32)22-15(2)28-26-30(23(22)16-7-10-19(11-8-16)29(3)4)24(31)21(35-26)14-17-13-18(27)9-12-20(17)33-5/h7-14,23H,6H2,1-5H3/t23-/m1/s1. The van der Waals surface area contributed by atoms with E-state index in [1.807, 2.05) is 61.5 Å². The number of ether oxygens (including phenoxy) is 2. The summed E-state index contributed by atoms with van der Waals surface area (Å²) in [5, 5.41) is 0. The smallest absolute Gasteiger partial charge is 0.338 e. The minimum atomic E-state index is -0.645. The Morgan fingerprint density at radius 1 is 1.23 bits per heavy atom. The van der Waals surface area contributed by atoms with E-state index in [-0.39, 0.29) is 12.2 Å². The minimum Gasteiger partial charge on any atom is -0.496 e. The highest BCUT2D eigenvalue weighted by atomic mass is 79.9. The van der Waals surface area contributed by atoms with Crippen molar-refractivity contribution in [2.45, 2.75) is 19.9 Å². The third-order valence-electron chi connectivity index (χ3n) is 5.72. The van der Waals surface area contributed by atoms with E-state index in [0.717, 1.165) is 21.3 Å². The van der Waals surface area contributed by atoms with Crippen molar-refractivity contribution in [2.75, 3.05) is 32.7 Å². The number of carbonyl (C=O) groups excluding carboxylic acids is 1. The number of thiazole rings is 1. The molecule has 35 heavy (non-hydrogen) atoms. The lowest BCUT2D eigenvalue weighted by molar-refractivity contribution is -0.139. The highest BCUT2D eigenvalue weighted by Crippen LogP contribution is 2.31. The highest BCUT2D eigenvalue weighted by Gasteiger charge is 2.33. The van der Waals surface area contributed by atoms with Gasteiger partial charge in [-0.25, -0.2) is 9.79 Å². The molecule has 7 nitrogen and oxygen atoms in total. The van der Waals surface area contributed by atoms with Gasteiger partial charge in [-0.2, -0.15) is 0 Å². The fraction of sp³-hybridized carbons (Fsp3) is 0.269. The van der Waals surface area contributed by atoms with Crippen molar-refractivity contribution in [2.24, 2.45) is 4.99 Å². The maximum absolute atomic E-state index is 13.7. The van der Waals surface area contributed by atoms with Crippen LogP contribution in [0.2, 0.25) is 0 Å². The number of fused-ring (bicyclic) bond motifs is 1. The van der Waals surface area contributed by atoms with Crippen LogP contribution in [0.5, 0.6) is 5.75 Å². The van der Waals surface area contributed by atoms with E-state index in [0.29, 0.717) is 26.4 Å². The molecule has 0 aliphatic carbocycles. The van der Waals surface area contributed by atoms with Gasteiger partial charge in [0, 0.05) is 29.8 Å². The van der Waals surface area contributed by atoms with Crippen molar-refractivity contribution in [3.8, 4) is 5.75 Å². The predicted octanol–water partition coefficient (Wildman–Crippen LogP) is 3.64. The van der Waals surface area contributed by atoms with E-state index < -0.39 is 12.0 Å². The van der Waals surface area contributed by atoms with Gasteiger partial charge in [-0.05, 0) is 55.8 Å². The largest absolute Gasteiger partial charge is 0.496 e. The quantitative estimate of drug-likeness (QED) is 0.434. The Kier molecular flexibility index (Phi) is 7.28. The second-order valence-corrected chi connectivity index (χ2v) is 10.1. The summed E-state index contributed by atoms with van der Waals surface area (Å²) in [5.74, 6) is 0.177. The number of anilines is 1. The SMILES string of the molecule is CCOC(=O)C1=C(C)N=c2sc(=Cc3cc(Br)ccc3OC)c(=O)n2[C@@H]1c1ccc(N(C)C)cc1. The first-order valence-electron chi connectivity index (χ1n) is 11.1. The number of methoxy groups -OCH3 is 1. The van der Waals surface area contributed by atoms with Gasteiger partial charge >= 0.3 is 5.97 Å². The number of aromatic nitrogens is 1. The van der Waals surface area contributed by atoms with Crippen LogP contribution in [0.15, 0.2) is 68.0 Å². The molecule has 1 aromatic heterocycles. The van der Waals surface area contributed by atoms with Gasteiger partial charge in [-0.1, -0.05) is 39.4 Å². The number of nitrogens with zero attached hydrogens (tertiary/aromatic N) is 3. The molecular weight excluding hydrogens is 530 g/mol. The molecule has 0 bridgehead atoms. The third-order valence-corrected chi connectivity index (χ3v) is 7.20. The molecule has 2 aromatic carbocycles. The van der Waals surface area contributed by atoms with Gasteiger partial charge < -0.3 is 14.4 Å². The molecule has 0 spiro atoms. The topological polar surface area (TPSA) is 73.1 Å². The number of halogens is 1. The molecule has 0 saturated heterocycles. The number of rotatable bonds is 6. The van der Waals surface area contributed by atoms with Crippen molar-refractivity contribution >= 4 is 45.0 Å². The maximum Gasteiger partial charge on any atom is 0.338 e. The molecule has 1 aliphatic heterocycles. The molecule has 1 atom stereocenters. The van der Waals surface area contributed by atoms with Gasteiger partial charge in [-0.15, -0.1) is 0 Å². The number of hydrogen-bond donors (Lipinski definition) is 0. The van der Waals surface area contributed by atoms with Gasteiger partial charge in [0.2, 0.25) is 0 Å². The van der Waals surface area contributed by atoms with Crippen molar-refractivity contribution in [3.05, 3.63) is 89.0 Å². The van der Waals surface area contributed by atoms with Crippen LogP contribution in [0.4, 0.5) is 5.69 Å². The third kappa shape index (κ3) is 4.83. The zero-order valence-electron chi connectivity index (χ0n) is 20.2. The number of carbonyl (C=O) groups is 1. The average molecular weight is 556 g/mol. The summed E-state index contributed by atoms with van der Waals surface area (Å²) < 4.78 is 13.8. The molecule has 0 fully saturated rings. The van der Waals surface area contributed by atoms with Crippen molar-refractivity contribution in [1.29, 1.82) is 0 Å². The molecule has 0 saturated carbocycles. The number of benzene rings is 2. The fourth-order valence-electron chi connectivity index (χ4n) is 4.02. The maximum atomic E-state index is 13.7. The Labute approximate surface area is 215 Å². The molecule has 0 amide bonds. The van der Waals surface area contributed by atoms with E-state index in [9.17, 15) is 9.59 Å². The summed E-state index contributed by atoms with van der Waals surface area (Å²) in [4.78, 5) is 33.9. The van der Waals surface area contributed by atoms with Crippen LogP contribution in [-0.4, -0.2) is 38.3 Å². The van der Waals surface area contributed by atoms with Crippen molar-refractivity contribution in [1.82, 2.24) is 4.57 Å². The summed E-state index contributed by atoms with van der Waals surface area (Å²) in [6.07, 6.45) is 1.79. The lowest BCUT2D eigenvalue weighted by Gasteiger charge is -2.25. The van der Waals surface area contributed by atoms with E-state index in [1.54, 1.807) is 31.6 Å². The predicted molar refractivity (Wildman–Crippen MR) is 142 cm³/mol. The monoisotopic (exact) mass is 555 g/mol. The lowest BCUT2D eigenvalue weighted by atomic mass is 9.95. The van der Waals surface area contributed by atoms with E-state index >= 15 is 0 Å². The van der Waals surface area contributed by atoms with Crippen molar-refractivity contribution in [3.63, 3.8) is 0 Å². The molecular formula is C26H26BrN3O4S. The average Bonchev–Trinajstić information content (AvgIpc) is 3.13. The molecule has 4 rings (SSSR count). The Morgan fingerprint density at radius 3 is 2.57 bits per heavy atom. The van der Waals surface area contributed by atoms with Crippen LogP contribution < -0.4 is 24.5 Å². The zero-order chi connectivity index (χ0) is 25.3. The first kappa shape index (κ1) is 24.9. The second-order valence-electron chi connectivity index (χ2n) is 8.17. The zero-order valence-corrected chi connectivity index (χ0v) is 22.6. The van der Waals surface area contributed by atoms with E-state index in [4.69, 9.17) is 9.47 Å². The molecule has 182 valence electrons. The van der Waals surface area contributed by atoms with E-state index in [1.165, 1.54) is 11.3 Å². The lowest BCUT2D eigenvalue weighted by Crippen LogP contribution is -2.40. The second kappa shape index (κ2) is 10.2. The summed E-state index contributed by atoms with van der Waals surface area (Å²) >= 11 is 4.76. The minimum absolute atomic E-state index is 0.230. The molecule has 0 unspecified atom stereocenters. The van der Waals surface area contributed by atoms with E-state index in [2.05, 4.69) is 20.9 Å². The first-order valence-corrected chi connectivity index (χ1v) is 12.7. The van der Waals surface area contributed by atoms with Gasteiger partial charge in [0.1, 0.15) is 5.75 Å². The summed E-state index contributed by atoms with van der Waals surface area (Å²) in [6, 6.07) is 12.8. The molecule has 9 heteroatoms. The number of hydrogen-bond acceptors (Lipinski definition) is 7. The highest BCUT2D eigenvalue weighted by molar-refractivity contribution is 9.10. The normalized spacial score (nSPS) is 15.5. The Bertz CT molecular complexity index is 1490. The van der Waals surface area contributed by atoms with Crippen LogP contribution in [0.1, 0.15) is 31.0 Å². The van der Waals surface area contributed by atoms with Crippen molar-refractivity contribution < 1.29 is 14.3 Å². The molecule has 3 aromatic rings. The van der Waals surface area contributed by atoms with Gasteiger partial charge in [0.05, 0.1) is 35.6 Å². The van der Waals surface area contributed by atoms with Crippen LogP contribution in [-0.2, 0) is 9.53 Å². The van der Waals surface area contributed by atoms with Gasteiger partial charge in [0.15, 0.2) is 4.80 Å². The summed E-state index contributed by atoms with van der Waals surface area (Å²) in [6.45, 7) is 3.77. The fourth-order valence-corrected chi connectivity index (χ4v) is 5.44. The van der Waals surface area contributed by atoms with Crippen LogP contribution in [0.25, 0.3) is 6.08 Å². The number of allylic oxidation sites excluding steroid dienone is 1. The number of esters is 1. The van der Waals surface area contributed by atoms with Crippen LogP contribution in [0, 0.1) is 0 Å². The Morgan fingerprint density at radius 2 is 1.94 bits per heavy atom. The Hall–Kier alpha value is -3.17. The molecule has 2 heterocycles. The first-order chi connectivity index (χ1) is 16.7.